The quantitative estimate of drug-likeness (QED) is 0.349. The molecule has 2 fully saturated rings. The van der Waals surface area contributed by atoms with E-state index in [0.717, 1.165) is 81.3 Å². The molecule has 260 valence electrons. The first-order chi connectivity index (χ1) is 22.8. The number of halogens is 1. The Balaban J connectivity index is 0.00000213. The van der Waals surface area contributed by atoms with Gasteiger partial charge in [-0.15, -0.1) is 0 Å². The van der Waals surface area contributed by atoms with E-state index in [4.69, 9.17) is 25.8 Å². The Bertz CT molecular complexity index is 1370. The van der Waals surface area contributed by atoms with Gasteiger partial charge in [-0.1, -0.05) is 58.2 Å². The summed E-state index contributed by atoms with van der Waals surface area (Å²) < 4.78 is 35.1. The molecule has 7 unspecified atom stereocenters. The zero-order valence-corrected chi connectivity index (χ0v) is 30.5. The third-order valence-corrected chi connectivity index (χ3v) is 12.5. The van der Waals surface area contributed by atoms with Crippen LogP contribution in [0.5, 0.6) is 5.75 Å². The van der Waals surface area contributed by atoms with Gasteiger partial charge >= 0.3 is 0 Å². The Kier molecular flexibility index (Phi) is 13.1. The van der Waals surface area contributed by atoms with Gasteiger partial charge in [-0.25, -0.2) is 4.21 Å². The molecular formula is C38H55ClN2O5S. The summed E-state index contributed by atoms with van der Waals surface area (Å²) in [6.45, 7) is 14.0. The maximum atomic E-state index is 13.4. The summed E-state index contributed by atoms with van der Waals surface area (Å²) in [5.41, 5.74) is 4.00. The summed E-state index contributed by atoms with van der Waals surface area (Å²) in [5.74, 6) is 2.17. The molecule has 2 aromatic carbocycles. The fourth-order valence-electron chi connectivity index (χ4n) is 7.79. The maximum Gasteiger partial charge on any atom is 0.263 e. The second-order valence-corrected chi connectivity index (χ2v) is 15.6. The Morgan fingerprint density at radius 2 is 1.74 bits per heavy atom. The number of benzene rings is 2. The largest absolute Gasteiger partial charge is 0.491 e. The number of carbonyl (C=O) groups excluding carboxylic acids is 1. The van der Waals surface area contributed by atoms with Gasteiger partial charge in [0.25, 0.3) is 5.91 Å². The van der Waals surface area contributed by atoms with Gasteiger partial charge in [0.2, 0.25) is 0 Å². The lowest BCUT2D eigenvalue weighted by molar-refractivity contribution is -0.224. The molecule has 2 aromatic rings. The van der Waals surface area contributed by atoms with E-state index < -0.39 is 11.0 Å². The molecule has 4 aliphatic rings. The minimum atomic E-state index is -1.49. The second kappa shape index (κ2) is 17.0. The van der Waals surface area contributed by atoms with Crippen LogP contribution in [0.3, 0.4) is 0 Å². The van der Waals surface area contributed by atoms with E-state index >= 15 is 0 Å². The van der Waals surface area contributed by atoms with Gasteiger partial charge in [0.05, 0.1) is 30.8 Å². The molecule has 0 aromatic heterocycles. The second-order valence-electron chi connectivity index (χ2n) is 13.7. The van der Waals surface area contributed by atoms with Crippen molar-refractivity contribution in [2.75, 3.05) is 37.8 Å². The number of nitrogens with one attached hydrogen (secondary N) is 1. The van der Waals surface area contributed by atoms with Crippen molar-refractivity contribution in [3.63, 3.8) is 0 Å². The Morgan fingerprint density at radius 3 is 2.47 bits per heavy atom. The van der Waals surface area contributed by atoms with Crippen LogP contribution in [0, 0.1) is 23.7 Å². The standard InChI is InChI=1S/C36H49ClN2O5S.C2H6/c1-4-7-25-18-29(37)12-14-30(25)28-21-39-20-27-10-13-31(27)32(36-42-16-6-17-43-36)9-5-8-23(2)24(3)45(41)38-35(40)26-11-15-34(44-22-28)33(39)19-26;1-2/h11-12,14-15,18-19,23-24,27-28,31-32,36H,4-10,13,16-17,20-22H2,1-3H3,(H,38,40);1-2H3. The van der Waals surface area contributed by atoms with Gasteiger partial charge in [0, 0.05) is 35.5 Å². The highest BCUT2D eigenvalue weighted by Gasteiger charge is 2.43. The molecule has 0 spiro atoms. The Morgan fingerprint density at radius 1 is 0.957 bits per heavy atom. The van der Waals surface area contributed by atoms with Crippen molar-refractivity contribution in [1.29, 1.82) is 0 Å². The first kappa shape index (κ1) is 36.2. The van der Waals surface area contributed by atoms with Gasteiger partial charge in [0.15, 0.2) is 6.29 Å². The molecule has 1 saturated heterocycles. The molecule has 7 atom stereocenters. The fraction of sp³-hybridized carbons (Fsp3) is 0.658. The number of rotatable bonds is 4. The molecule has 0 radical (unpaired) electrons. The zero-order valence-electron chi connectivity index (χ0n) is 29.0. The van der Waals surface area contributed by atoms with E-state index in [1.54, 1.807) is 6.07 Å². The predicted octanol–water partition coefficient (Wildman–Crippen LogP) is 8.31. The van der Waals surface area contributed by atoms with Gasteiger partial charge in [0.1, 0.15) is 16.7 Å². The average Bonchev–Trinajstić information content (AvgIpc) is 3.25. The van der Waals surface area contributed by atoms with Crippen molar-refractivity contribution in [2.24, 2.45) is 23.7 Å². The molecule has 9 heteroatoms. The molecule has 47 heavy (non-hydrogen) atoms. The van der Waals surface area contributed by atoms with Gasteiger partial charge in [-0.3, -0.25) is 9.52 Å². The molecule has 1 amide bonds. The van der Waals surface area contributed by atoms with E-state index in [0.29, 0.717) is 29.9 Å². The normalized spacial score (nSPS) is 30.4. The van der Waals surface area contributed by atoms with Crippen LogP contribution in [-0.4, -0.2) is 54.6 Å². The molecule has 1 saturated carbocycles. The van der Waals surface area contributed by atoms with Crippen LogP contribution in [0.25, 0.3) is 0 Å². The van der Waals surface area contributed by atoms with E-state index in [9.17, 15) is 9.00 Å². The van der Waals surface area contributed by atoms with Crippen molar-refractivity contribution in [3.8, 4) is 5.75 Å². The van der Waals surface area contributed by atoms with Crippen LogP contribution in [0.1, 0.15) is 107 Å². The van der Waals surface area contributed by atoms with E-state index in [2.05, 4.69) is 35.6 Å². The van der Waals surface area contributed by atoms with E-state index in [1.165, 1.54) is 24.0 Å². The topological polar surface area (TPSA) is 77.1 Å². The van der Waals surface area contributed by atoms with Gasteiger partial charge < -0.3 is 19.1 Å². The number of anilines is 1. The van der Waals surface area contributed by atoms with Crippen LogP contribution in [0.4, 0.5) is 5.69 Å². The number of fused-ring (bicyclic) bond motifs is 2. The minimum absolute atomic E-state index is 0.147. The monoisotopic (exact) mass is 686 g/mol. The third kappa shape index (κ3) is 8.55. The highest BCUT2D eigenvalue weighted by Crippen LogP contribution is 2.47. The van der Waals surface area contributed by atoms with Crippen LogP contribution < -0.4 is 14.4 Å². The van der Waals surface area contributed by atoms with Gasteiger partial charge in [-0.2, -0.15) is 0 Å². The smallest absolute Gasteiger partial charge is 0.263 e. The van der Waals surface area contributed by atoms with Crippen LogP contribution in [0.2, 0.25) is 5.02 Å². The first-order valence-electron chi connectivity index (χ1n) is 18.1. The number of nitrogens with zero attached hydrogens (tertiary/aromatic N) is 1. The molecule has 3 aliphatic heterocycles. The number of carbonyl (C=O) groups is 1. The Hall–Kier alpha value is -2.13. The van der Waals surface area contributed by atoms with E-state index in [1.807, 2.05) is 39.0 Å². The lowest BCUT2D eigenvalue weighted by Gasteiger charge is -2.47. The number of amides is 1. The lowest BCUT2D eigenvalue weighted by atomic mass is 9.65. The summed E-state index contributed by atoms with van der Waals surface area (Å²) in [5, 5.41) is 0.606. The SMILES string of the molecule is CC.CCCc1cc(Cl)ccc1C1COc2ccc3cc2N(C1)CC1CCC1C(C1OCCCO1)CCCC(C)C(C)S(=O)NC3=O. The molecular weight excluding hydrogens is 632 g/mol. The minimum Gasteiger partial charge on any atom is -0.491 e. The number of hydrogen-bond acceptors (Lipinski definition) is 6. The van der Waals surface area contributed by atoms with Crippen LogP contribution in [-0.2, 0) is 26.9 Å². The summed E-state index contributed by atoms with van der Waals surface area (Å²) in [7, 11) is -1.49. The lowest BCUT2D eigenvalue weighted by Crippen LogP contribution is -2.47. The first-order valence-corrected chi connectivity index (χ1v) is 19.7. The molecule has 1 N–H and O–H groups in total. The van der Waals surface area contributed by atoms with Crippen LogP contribution >= 0.6 is 11.6 Å². The summed E-state index contributed by atoms with van der Waals surface area (Å²) in [6.07, 6.45) is 8.14. The van der Waals surface area contributed by atoms with Crippen molar-refractivity contribution in [1.82, 2.24) is 4.72 Å². The molecule has 7 nitrogen and oxygen atoms in total. The third-order valence-electron chi connectivity index (χ3n) is 10.7. The number of aryl methyl sites for hydroxylation is 1. The zero-order chi connectivity index (χ0) is 33.5. The van der Waals surface area contributed by atoms with Crippen molar-refractivity contribution in [3.05, 3.63) is 58.1 Å². The highest BCUT2D eigenvalue weighted by molar-refractivity contribution is 7.84. The van der Waals surface area contributed by atoms with Crippen molar-refractivity contribution in [2.45, 2.75) is 103 Å². The summed E-state index contributed by atoms with van der Waals surface area (Å²) in [6, 6.07) is 11.9. The number of ether oxygens (including phenoxy) is 3. The highest BCUT2D eigenvalue weighted by atomic mass is 35.5. The molecule has 1 aliphatic carbocycles. The van der Waals surface area contributed by atoms with Crippen LogP contribution in [0.15, 0.2) is 36.4 Å². The Labute approximate surface area is 290 Å². The van der Waals surface area contributed by atoms with E-state index in [-0.39, 0.29) is 29.3 Å². The summed E-state index contributed by atoms with van der Waals surface area (Å²) >= 11 is 6.45. The fourth-order valence-corrected chi connectivity index (χ4v) is 9.03. The maximum absolute atomic E-state index is 13.4. The number of hydrogen-bond donors (Lipinski definition) is 1. The van der Waals surface area contributed by atoms with Gasteiger partial charge in [-0.05, 0) is 105 Å². The molecule has 6 rings (SSSR count). The predicted molar refractivity (Wildman–Crippen MR) is 192 cm³/mol. The average molecular weight is 687 g/mol. The molecule has 3 heterocycles. The molecule has 2 bridgehead atoms. The van der Waals surface area contributed by atoms with Crippen molar-refractivity contribution < 1.29 is 23.2 Å². The van der Waals surface area contributed by atoms with Crippen molar-refractivity contribution >= 4 is 34.2 Å². The summed E-state index contributed by atoms with van der Waals surface area (Å²) in [4.78, 5) is 15.9.